The molecule has 106 valence electrons. The van der Waals surface area contributed by atoms with Crippen molar-refractivity contribution in [1.29, 1.82) is 0 Å². The van der Waals surface area contributed by atoms with E-state index in [1.165, 1.54) is 10.6 Å². The first-order valence-electron chi connectivity index (χ1n) is 7.19. The number of amides is 1. The number of hydrogen-bond acceptors (Lipinski definition) is 4. The fourth-order valence-corrected chi connectivity index (χ4v) is 3.49. The van der Waals surface area contributed by atoms with Gasteiger partial charge in [-0.2, -0.15) is 0 Å². The van der Waals surface area contributed by atoms with Crippen LogP contribution >= 0.6 is 11.3 Å². The standard InChI is InChI=1S/C14H23N3OS/c1-4-10(5-2)13(18)16-14-15-11-7-8-17(6-3)9-12(11)19-14/h10H,4-9H2,1-3H3,(H,15,16,18). The molecule has 0 saturated heterocycles. The maximum atomic E-state index is 12.1. The number of rotatable bonds is 5. The van der Waals surface area contributed by atoms with Crippen LogP contribution in [0.15, 0.2) is 0 Å². The van der Waals surface area contributed by atoms with E-state index in [9.17, 15) is 4.79 Å². The number of carbonyl (C=O) groups excluding carboxylic acids is 1. The molecule has 4 nitrogen and oxygen atoms in total. The quantitative estimate of drug-likeness (QED) is 0.902. The second kappa shape index (κ2) is 6.48. The third kappa shape index (κ3) is 3.34. The molecule has 2 heterocycles. The van der Waals surface area contributed by atoms with Crippen LogP contribution in [0.2, 0.25) is 0 Å². The van der Waals surface area contributed by atoms with Gasteiger partial charge in [-0.25, -0.2) is 4.98 Å². The molecule has 1 amide bonds. The van der Waals surface area contributed by atoms with Crippen LogP contribution in [0.1, 0.15) is 44.2 Å². The van der Waals surface area contributed by atoms with E-state index in [1.54, 1.807) is 11.3 Å². The molecule has 5 heteroatoms. The van der Waals surface area contributed by atoms with Crippen LogP contribution in [0, 0.1) is 5.92 Å². The van der Waals surface area contributed by atoms with Gasteiger partial charge in [-0.05, 0) is 19.4 Å². The highest BCUT2D eigenvalue weighted by Crippen LogP contribution is 2.28. The van der Waals surface area contributed by atoms with E-state index in [0.29, 0.717) is 0 Å². The van der Waals surface area contributed by atoms with Crippen molar-refractivity contribution in [3.63, 3.8) is 0 Å². The Morgan fingerprint density at radius 3 is 2.79 bits per heavy atom. The highest BCUT2D eigenvalue weighted by Gasteiger charge is 2.21. The normalized spacial score (nSPS) is 15.6. The molecule has 2 rings (SSSR count). The van der Waals surface area contributed by atoms with Crippen molar-refractivity contribution in [3.8, 4) is 0 Å². The molecule has 1 aliphatic heterocycles. The highest BCUT2D eigenvalue weighted by molar-refractivity contribution is 7.15. The predicted octanol–water partition coefficient (Wildman–Crippen LogP) is 2.90. The van der Waals surface area contributed by atoms with E-state index in [0.717, 1.165) is 44.0 Å². The topological polar surface area (TPSA) is 45.2 Å². The van der Waals surface area contributed by atoms with E-state index in [4.69, 9.17) is 0 Å². The minimum atomic E-state index is 0.105. The molecule has 0 spiro atoms. The Bertz CT molecular complexity index is 440. The van der Waals surface area contributed by atoms with Gasteiger partial charge in [0.15, 0.2) is 5.13 Å². The third-order valence-corrected chi connectivity index (χ3v) is 4.84. The van der Waals surface area contributed by atoms with Gasteiger partial charge in [-0.15, -0.1) is 11.3 Å². The van der Waals surface area contributed by atoms with E-state index in [1.807, 2.05) is 0 Å². The predicted molar refractivity (Wildman–Crippen MR) is 79.5 cm³/mol. The minimum Gasteiger partial charge on any atom is -0.302 e. The second-order valence-corrected chi connectivity index (χ2v) is 6.09. The van der Waals surface area contributed by atoms with Gasteiger partial charge in [-0.1, -0.05) is 20.8 Å². The fourth-order valence-electron chi connectivity index (χ4n) is 2.44. The Hall–Kier alpha value is -0.940. The number of aromatic nitrogens is 1. The average Bonchev–Trinajstić information content (AvgIpc) is 2.80. The number of nitrogens with one attached hydrogen (secondary N) is 1. The summed E-state index contributed by atoms with van der Waals surface area (Å²) < 4.78 is 0. The number of hydrogen-bond donors (Lipinski definition) is 1. The van der Waals surface area contributed by atoms with Crippen LogP contribution in [0.5, 0.6) is 0 Å². The van der Waals surface area contributed by atoms with E-state index < -0.39 is 0 Å². The Labute approximate surface area is 119 Å². The van der Waals surface area contributed by atoms with Crippen LogP contribution in [0.4, 0.5) is 5.13 Å². The maximum absolute atomic E-state index is 12.1. The lowest BCUT2D eigenvalue weighted by Crippen LogP contribution is -2.29. The van der Waals surface area contributed by atoms with E-state index in [-0.39, 0.29) is 11.8 Å². The molecule has 0 saturated carbocycles. The van der Waals surface area contributed by atoms with Crippen molar-refractivity contribution >= 4 is 22.4 Å². The van der Waals surface area contributed by atoms with Crippen LogP contribution in [-0.4, -0.2) is 28.9 Å². The Balaban J connectivity index is 2.03. The van der Waals surface area contributed by atoms with Gasteiger partial charge in [0.05, 0.1) is 5.69 Å². The number of nitrogens with zero attached hydrogens (tertiary/aromatic N) is 2. The summed E-state index contributed by atoms with van der Waals surface area (Å²) in [5.41, 5.74) is 1.18. The van der Waals surface area contributed by atoms with Crippen molar-refractivity contribution in [2.45, 2.75) is 46.6 Å². The van der Waals surface area contributed by atoms with Gasteiger partial charge in [0, 0.05) is 30.3 Å². The lowest BCUT2D eigenvalue weighted by molar-refractivity contribution is -0.120. The van der Waals surface area contributed by atoms with Crippen molar-refractivity contribution in [2.75, 3.05) is 18.4 Å². The molecule has 0 radical (unpaired) electrons. The van der Waals surface area contributed by atoms with Crippen LogP contribution in [-0.2, 0) is 17.8 Å². The molecular formula is C14H23N3OS. The van der Waals surface area contributed by atoms with E-state index >= 15 is 0 Å². The second-order valence-electron chi connectivity index (χ2n) is 5.01. The smallest absolute Gasteiger partial charge is 0.229 e. The van der Waals surface area contributed by atoms with Gasteiger partial charge in [0.2, 0.25) is 5.91 Å². The van der Waals surface area contributed by atoms with Crippen molar-refractivity contribution in [1.82, 2.24) is 9.88 Å². The number of likely N-dealkylation sites (N-methyl/N-ethyl adjacent to an activating group) is 1. The lowest BCUT2D eigenvalue weighted by atomic mass is 10.0. The van der Waals surface area contributed by atoms with Crippen LogP contribution in [0.3, 0.4) is 0 Å². The summed E-state index contributed by atoms with van der Waals surface area (Å²) in [7, 11) is 0. The molecule has 1 aromatic heterocycles. The third-order valence-electron chi connectivity index (χ3n) is 3.84. The fraction of sp³-hybridized carbons (Fsp3) is 0.714. The summed E-state index contributed by atoms with van der Waals surface area (Å²) in [5.74, 6) is 0.219. The first-order valence-corrected chi connectivity index (χ1v) is 8.01. The molecule has 0 bridgehead atoms. The van der Waals surface area contributed by atoms with E-state index in [2.05, 4.69) is 36.0 Å². The van der Waals surface area contributed by atoms with Gasteiger partial charge < -0.3 is 5.32 Å². The molecule has 0 unspecified atom stereocenters. The number of carbonyl (C=O) groups is 1. The zero-order valence-electron chi connectivity index (χ0n) is 12.0. The highest BCUT2D eigenvalue weighted by atomic mass is 32.1. The first-order chi connectivity index (χ1) is 9.17. The summed E-state index contributed by atoms with van der Waals surface area (Å²) >= 11 is 1.64. The first kappa shape index (κ1) is 14.5. The number of anilines is 1. The Kier molecular flexibility index (Phi) is 4.93. The summed E-state index contributed by atoms with van der Waals surface area (Å²) in [4.78, 5) is 20.3. The summed E-state index contributed by atoms with van der Waals surface area (Å²) in [6, 6.07) is 0. The van der Waals surface area contributed by atoms with Gasteiger partial charge in [0.1, 0.15) is 0 Å². The molecule has 0 atom stereocenters. The number of fused-ring (bicyclic) bond motifs is 1. The summed E-state index contributed by atoms with van der Waals surface area (Å²) in [6.45, 7) is 9.42. The molecule has 0 fully saturated rings. The molecule has 1 N–H and O–H groups in total. The molecule has 0 aromatic carbocycles. The summed E-state index contributed by atoms with van der Waals surface area (Å²) in [5, 5.41) is 3.76. The minimum absolute atomic E-state index is 0.105. The largest absolute Gasteiger partial charge is 0.302 e. The average molecular weight is 281 g/mol. The monoisotopic (exact) mass is 281 g/mol. The maximum Gasteiger partial charge on any atom is 0.229 e. The van der Waals surface area contributed by atoms with Crippen molar-refractivity contribution in [3.05, 3.63) is 10.6 Å². The zero-order valence-corrected chi connectivity index (χ0v) is 12.8. The SMILES string of the molecule is CCC(CC)C(=O)Nc1nc2c(s1)CN(CC)CC2. The molecule has 0 aliphatic carbocycles. The van der Waals surface area contributed by atoms with Gasteiger partial charge in [-0.3, -0.25) is 9.69 Å². The van der Waals surface area contributed by atoms with Crippen molar-refractivity contribution in [2.24, 2.45) is 5.92 Å². The lowest BCUT2D eigenvalue weighted by Gasteiger charge is -2.23. The van der Waals surface area contributed by atoms with Gasteiger partial charge in [0.25, 0.3) is 0 Å². The zero-order chi connectivity index (χ0) is 13.8. The molecule has 1 aromatic rings. The van der Waals surface area contributed by atoms with Crippen LogP contribution < -0.4 is 5.32 Å². The Morgan fingerprint density at radius 2 is 2.16 bits per heavy atom. The molecule has 1 aliphatic rings. The van der Waals surface area contributed by atoms with Crippen molar-refractivity contribution < 1.29 is 4.79 Å². The summed E-state index contributed by atoms with van der Waals surface area (Å²) in [6.07, 6.45) is 2.77. The molecule has 19 heavy (non-hydrogen) atoms. The molecular weight excluding hydrogens is 258 g/mol. The Morgan fingerprint density at radius 1 is 1.42 bits per heavy atom. The van der Waals surface area contributed by atoms with Crippen LogP contribution in [0.25, 0.3) is 0 Å². The number of thiazole rings is 1. The van der Waals surface area contributed by atoms with Gasteiger partial charge >= 0.3 is 0 Å².